The molecule has 5 nitrogen and oxygen atoms in total. The minimum Gasteiger partial charge on any atom is -0.428 e. The number of nitrogens with one attached hydrogen (secondary N) is 2. The second-order valence-corrected chi connectivity index (χ2v) is 2.88. The van der Waals surface area contributed by atoms with Crippen molar-refractivity contribution in [2.45, 2.75) is 0 Å². The van der Waals surface area contributed by atoms with Crippen molar-refractivity contribution in [3.05, 3.63) is 29.9 Å². The number of benzene rings is 1. The van der Waals surface area contributed by atoms with Crippen LogP contribution in [0.1, 0.15) is 0 Å². The monoisotopic (exact) mass is 190 g/mol. The van der Waals surface area contributed by atoms with E-state index in [1.165, 1.54) is 12.4 Å². The van der Waals surface area contributed by atoms with E-state index in [1.807, 2.05) is 0 Å². The second kappa shape index (κ2) is 3.02. The molecule has 2 rings (SSSR count). The minimum atomic E-state index is 0.294. The lowest BCUT2D eigenvalue weighted by Gasteiger charge is -2.12. The fourth-order valence-corrected chi connectivity index (χ4v) is 1.39. The Hall–Kier alpha value is -2.04. The number of fused-ring (bicyclic) bond motifs is 1. The first-order chi connectivity index (χ1) is 6.74. The maximum absolute atomic E-state index is 9.56. The Balaban J connectivity index is 2.89. The van der Waals surface area contributed by atoms with Gasteiger partial charge in [-0.3, -0.25) is 10.4 Å². The van der Waals surface area contributed by atoms with E-state index in [-0.39, 0.29) is 0 Å². The number of hydrogen-bond acceptors (Lipinski definition) is 4. The van der Waals surface area contributed by atoms with Crippen LogP contribution in [0.3, 0.4) is 0 Å². The van der Waals surface area contributed by atoms with E-state index in [9.17, 15) is 5.21 Å². The molecule has 0 saturated carbocycles. The third kappa shape index (κ3) is 1.10. The molecule has 0 aromatic rings. The highest BCUT2D eigenvalue weighted by Crippen LogP contribution is 2.22. The summed E-state index contributed by atoms with van der Waals surface area (Å²) in [5, 5.41) is 20.4. The van der Waals surface area contributed by atoms with Gasteiger partial charge >= 0.3 is 0 Å². The number of hydrogen-bond donors (Lipinski definition) is 3. The Morgan fingerprint density at radius 3 is 3.00 bits per heavy atom. The summed E-state index contributed by atoms with van der Waals surface area (Å²) in [6, 6.07) is 3.38. The lowest BCUT2D eigenvalue weighted by atomic mass is 10.1. The Labute approximate surface area is 80.5 Å². The van der Waals surface area contributed by atoms with Crippen molar-refractivity contribution in [2.75, 3.05) is 12.4 Å². The SMILES string of the molecule is CNc1ccc(=N)c2nccn(O)c1-2. The zero-order valence-electron chi connectivity index (χ0n) is 7.65. The van der Waals surface area contributed by atoms with E-state index in [0.717, 1.165) is 10.4 Å². The van der Waals surface area contributed by atoms with Gasteiger partial charge in [-0.25, -0.2) is 0 Å². The second-order valence-electron chi connectivity index (χ2n) is 2.88. The van der Waals surface area contributed by atoms with Crippen molar-refractivity contribution in [1.29, 1.82) is 5.41 Å². The van der Waals surface area contributed by atoms with Crippen molar-refractivity contribution in [3.8, 4) is 11.4 Å². The number of aromatic nitrogens is 2. The molecule has 0 amide bonds. The molecule has 72 valence electrons. The topological polar surface area (TPSA) is 73.9 Å². The average molecular weight is 190 g/mol. The third-order valence-electron chi connectivity index (χ3n) is 2.06. The summed E-state index contributed by atoms with van der Waals surface area (Å²) in [5.41, 5.74) is 1.73. The minimum absolute atomic E-state index is 0.294. The third-order valence-corrected chi connectivity index (χ3v) is 2.06. The van der Waals surface area contributed by atoms with Crippen LogP contribution in [0.2, 0.25) is 0 Å². The molecule has 0 aromatic heterocycles. The van der Waals surface area contributed by atoms with E-state index in [0.29, 0.717) is 16.7 Å². The van der Waals surface area contributed by atoms with Gasteiger partial charge in [-0.1, -0.05) is 0 Å². The van der Waals surface area contributed by atoms with E-state index in [4.69, 9.17) is 5.41 Å². The Bertz CT molecular complexity index is 491. The van der Waals surface area contributed by atoms with Crippen LogP contribution in [0.25, 0.3) is 11.4 Å². The Kier molecular flexibility index (Phi) is 1.85. The van der Waals surface area contributed by atoms with Crippen LogP contribution in [-0.4, -0.2) is 22.0 Å². The van der Waals surface area contributed by atoms with Crippen LogP contribution in [0.4, 0.5) is 5.69 Å². The maximum atomic E-state index is 9.56. The smallest absolute Gasteiger partial charge is 0.130 e. The van der Waals surface area contributed by atoms with Crippen LogP contribution in [-0.2, 0) is 0 Å². The average Bonchev–Trinajstić information content (AvgIpc) is 2.20. The molecular formula is C9H10N4O. The summed E-state index contributed by atoms with van der Waals surface area (Å²) in [6.07, 6.45) is 2.89. The van der Waals surface area contributed by atoms with Crippen LogP contribution >= 0.6 is 0 Å². The summed E-state index contributed by atoms with van der Waals surface area (Å²) in [4.78, 5) is 4.04. The quantitative estimate of drug-likeness (QED) is 0.581. The highest BCUT2D eigenvalue weighted by molar-refractivity contribution is 5.72. The molecule has 0 atom stereocenters. The fourth-order valence-electron chi connectivity index (χ4n) is 1.39. The first-order valence-corrected chi connectivity index (χ1v) is 4.16. The fraction of sp³-hybridized carbons (Fsp3) is 0.111. The first-order valence-electron chi connectivity index (χ1n) is 4.16. The molecule has 1 heterocycles. The number of rotatable bonds is 1. The summed E-state index contributed by atoms with van der Waals surface area (Å²) in [7, 11) is 1.76. The molecular weight excluding hydrogens is 180 g/mol. The molecule has 1 aliphatic heterocycles. The van der Waals surface area contributed by atoms with Gasteiger partial charge in [0.05, 0.1) is 17.2 Å². The van der Waals surface area contributed by atoms with Crippen molar-refractivity contribution < 1.29 is 5.21 Å². The zero-order chi connectivity index (χ0) is 10.1. The van der Waals surface area contributed by atoms with Gasteiger partial charge in [0, 0.05) is 13.2 Å². The Morgan fingerprint density at radius 1 is 1.50 bits per heavy atom. The summed E-state index contributed by atoms with van der Waals surface area (Å²) >= 11 is 0. The van der Waals surface area contributed by atoms with Crippen LogP contribution in [0.15, 0.2) is 24.5 Å². The van der Waals surface area contributed by atoms with Crippen molar-refractivity contribution in [3.63, 3.8) is 0 Å². The van der Waals surface area contributed by atoms with Crippen molar-refractivity contribution >= 4 is 5.69 Å². The summed E-state index contributed by atoms with van der Waals surface area (Å²) < 4.78 is 0.964. The molecule has 0 unspecified atom stereocenters. The van der Waals surface area contributed by atoms with E-state index < -0.39 is 0 Å². The van der Waals surface area contributed by atoms with Gasteiger partial charge in [-0.05, 0) is 12.1 Å². The lowest BCUT2D eigenvalue weighted by Crippen LogP contribution is -2.14. The van der Waals surface area contributed by atoms with Gasteiger partial charge in [0.1, 0.15) is 11.4 Å². The van der Waals surface area contributed by atoms with Gasteiger partial charge in [0.25, 0.3) is 0 Å². The van der Waals surface area contributed by atoms with Gasteiger partial charge in [0.15, 0.2) is 0 Å². The maximum Gasteiger partial charge on any atom is 0.130 e. The van der Waals surface area contributed by atoms with Crippen molar-refractivity contribution in [1.82, 2.24) is 9.71 Å². The number of nitrogens with zero attached hydrogens (tertiary/aromatic N) is 2. The molecule has 0 fully saturated rings. The highest BCUT2D eigenvalue weighted by Gasteiger charge is 2.12. The molecule has 0 bridgehead atoms. The molecule has 1 aliphatic carbocycles. The molecule has 0 radical (unpaired) electrons. The van der Waals surface area contributed by atoms with Crippen LogP contribution < -0.4 is 10.7 Å². The molecule has 0 aromatic carbocycles. The molecule has 14 heavy (non-hydrogen) atoms. The normalized spacial score (nSPS) is 10.4. The molecule has 3 N–H and O–H groups in total. The lowest BCUT2D eigenvalue weighted by molar-refractivity contribution is 0.188. The summed E-state index contributed by atoms with van der Waals surface area (Å²) in [6.45, 7) is 0. The largest absolute Gasteiger partial charge is 0.428 e. The molecule has 0 saturated heterocycles. The van der Waals surface area contributed by atoms with Crippen LogP contribution in [0, 0.1) is 5.41 Å². The van der Waals surface area contributed by atoms with Gasteiger partial charge in [-0.2, -0.15) is 4.73 Å². The van der Waals surface area contributed by atoms with Crippen molar-refractivity contribution in [2.24, 2.45) is 0 Å². The highest BCUT2D eigenvalue weighted by atomic mass is 16.5. The van der Waals surface area contributed by atoms with E-state index in [1.54, 1.807) is 19.2 Å². The predicted octanol–water partition coefficient (Wildman–Crippen LogP) is 0.746. The summed E-state index contributed by atoms with van der Waals surface area (Å²) in [5.74, 6) is 0. The number of anilines is 1. The van der Waals surface area contributed by atoms with E-state index >= 15 is 0 Å². The standard InChI is InChI=1S/C9H10N4O/c1-11-7-3-2-6(10)8-9(7)13(14)5-4-12-8/h2-5,10-11,14H,1H3. The molecule has 0 spiro atoms. The van der Waals surface area contributed by atoms with Gasteiger partial charge in [-0.15, -0.1) is 0 Å². The van der Waals surface area contributed by atoms with Gasteiger partial charge < -0.3 is 10.5 Å². The van der Waals surface area contributed by atoms with Crippen LogP contribution in [0.5, 0.6) is 0 Å². The molecule has 5 heteroatoms. The Morgan fingerprint density at radius 2 is 2.29 bits per heavy atom. The molecule has 2 aliphatic rings. The van der Waals surface area contributed by atoms with Gasteiger partial charge in [0.2, 0.25) is 0 Å². The first kappa shape index (κ1) is 8.55. The van der Waals surface area contributed by atoms with E-state index in [2.05, 4.69) is 10.3 Å². The zero-order valence-corrected chi connectivity index (χ0v) is 7.65. The predicted molar refractivity (Wildman–Crippen MR) is 51.4 cm³/mol.